The van der Waals surface area contributed by atoms with E-state index in [4.69, 9.17) is 5.11 Å². The number of carbonyl (C=O) groups is 1. The van der Waals surface area contributed by atoms with Crippen molar-refractivity contribution in [3.8, 4) is 5.75 Å². The van der Waals surface area contributed by atoms with E-state index < -0.39 is 0 Å². The fourth-order valence-electron chi connectivity index (χ4n) is 1.78. The number of nitrogens with one attached hydrogen (secondary N) is 1. The average molecular weight is 281 g/mol. The molecule has 0 radical (unpaired) electrons. The highest BCUT2D eigenvalue weighted by atomic mass is 32.2. The van der Waals surface area contributed by atoms with E-state index in [1.54, 1.807) is 12.1 Å². The molecule has 0 spiro atoms. The van der Waals surface area contributed by atoms with Crippen molar-refractivity contribution in [3.05, 3.63) is 24.3 Å². The van der Waals surface area contributed by atoms with Gasteiger partial charge in [0.25, 0.3) is 0 Å². The molecule has 0 heterocycles. The maximum atomic E-state index is 11.7. The third kappa shape index (κ3) is 7.11. The summed E-state index contributed by atoms with van der Waals surface area (Å²) in [4.78, 5) is 12.7. The number of thioether (sulfide) groups is 1. The number of aromatic hydroxyl groups is 1. The largest absolute Gasteiger partial charge is 0.508 e. The molecule has 3 nitrogen and oxygen atoms in total. The number of carbonyl (C=O) groups excluding carboxylic acids is 1. The van der Waals surface area contributed by atoms with Gasteiger partial charge in [0.05, 0.1) is 5.75 Å². The lowest BCUT2D eigenvalue weighted by Gasteiger charge is -2.13. The van der Waals surface area contributed by atoms with Gasteiger partial charge in [-0.1, -0.05) is 26.2 Å². The predicted octanol–water partition coefficient (Wildman–Crippen LogP) is 3.57. The highest BCUT2D eigenvalue weighted by Gasteiger charge is 2.07. The smallest absolute Gasteiger partial charge is 0.230 e. The van der Waals surface area contributed by atoms with Gasteiger partial charge in [0, 0.05) is 10.9 Å². The summed E-state index contributed by atoms with van der Waals surface area (Å²) in [5.74, 6) is 0.739. The van der Waals surface area contributed by atoms with E-state index in [9.17, 15) is 4.79 Å². The van der Waals surface area contributed by atoms with Crippen molar-refractivity contribution in [1.29, 1.82) is 0 Å². The number of phenols is 1. The molecule has 1 amide bonds. The van der Waals surface area contributed by atoms with Gasteiger partial charge < -0.3 is 10.4 Å². The summed E-state index contributed by atoms with van der Waals surface area (Å²) < 4.78 is 0. The van der Waals surface area contributed by atoms with Crippen molar-refractivity contribution in [3.63, 3.8) is 0 Å². The van der Waals surface area contributed by atoms with E-state index in [0.29, 0.717) is 5.75 Å². The fourth-order valence-corrected chi connectivity index (χ4v) is 2.49. The topological polar surface area (TPSA) is 49.3 Å². The van der Waals surface area contributed by atoms with E-state index in [0.717, 1.165) is 11.3 Å². The first-order valence-corrected chi connectivity index (χ1v) is 7.81. The second-order valence-electron chi connectivity index (χ2n) is 4.75. The number of unbranched alkanes of at least 4 members (excludes halogenated alkanes) is 2. The van der Waals surface area contributed by atoms with Crippen LogP contribution in [0.4, 0.5) is 0 Å². The SMILES string of the molecule is CCCCCC(C)NC(=O)CSc1ccc(O)cc1. The Morgan fingerprint density at radius 2 is 2.00 bits per heavy atom. The van der Waals surface area contributed by atoms with Crippen molar-refractivity contribution in [2.45, 2.75) is 50.5 Å². The van der Waals surface area contributed by atoms with Crippen LogP contribution in [0.3, 0.4) is 0 Å². The van der Waals surface area contributed by atoms with Gasteiger partial charge in [-0.05, 0) is 37.6 Å². The number of phenolic OH excluding ortho intramolecular Hbond substituents is 1. The van der Waals surface area contributed by atoms with Gasteiger partial charge in [0.2, 0.25) is 5.91 Å². The van der Waals surface area contributed by atoms with Crippen LogP contribution >= 0.6 is 11.8 Å². The van der Waals surface area contributed by atoms with Crippen molar-refractivity contribution < 1.29 is 9.90 Å². The van der Waals surface area contributed by atoms with Crippen LogP contribution in [0.25, 0.3) is 0 Å². The van der Waals surface area contributed by atoms with Crippen LogP contribution in [0, 0.1) is 0 Å². The molecular formula is C15H23NO2S. The van der Waals surface area contributed by atoms with Gasteiger partial charge in [-0.3, -0.25) is 4.79 Å². The quantitative estimate of drug-likeness (QED) is 0.566. The first-order valence-electron chi connectivity index (χ1n) is 6.83. The molecule has 0 bridgehead atoms. The molecule has 1 aromatic rings. The zero-order valence-electron chi connectivity index (χ0n) is 11.7. The van der Waals surface area contributed by atoms with Crippen molar-refractivity contribution in [2.75, 3.05) is 5.75 Å². The highest BCUT2D eigenvalue weighted by molar-refractivity contribution is 8.00. The molecule has 1 atom stereocenters. The summed E-state index contributed by atoms with van der Waals surface area (Å²) in [6.07, 6.45) is 4.65. The van der Waals surface area contributed by atoms with Crippen LogP contribution in [0.2, 0.25) is 0 Å². The molecular weight excluding hydrogens is 258 g/mol. The third-order valence-corrected chi connectivity index (χ3v) is 3.87. The Balaban J connectivity index is 2.22. The molecule has 19 heavy (non-hydrogen) atoms. The summed E-state index contributed by atoms with van der Waals surface area (Å²) in [5, 5.41) is 12.2. The number of rotatable bonds is 8. The summed E-state index contributed by atoms with van der Waals surface area (Å²) in [6, 6.07) is 7.15. The molecule has 1 aromatic carbocycles. The van der Waals surface area contributed by atoms with Crippen LogP contribution in [0.15, 0.2) is 29.2 Å². The maximum absolute atomic E-state index is 11.7. The summed E-state index contributed by atoms with van der Waals surface area (Å²) in [5.41, 5.74) is 0. The van der Waals surface area contributed by atoms with Crippen molar-refractivity contribution in [1.82, 2.24) is 5.32 Å². The summed E-state index contributed by atoms with van der Waals surface area (Å²) in [7, 11) is 0. The van der Waals surface area contributed by atoms with Crippen LogP contribution in [0.5, 0.6) is 5.75 Å². The molecule has 0 aliphatic carbocycles. The van der Waals surface area contributed by atoms with Gasteiger partial charge in [-0.25, -0.2) is 0 Å². The van der Waals surface area contributed by atoms with Gasteiger partial charge >= 0.3 is 0 Å². The second-order valence-corrected chi connectivity index (χ2v) is 5.80. The van der Waals surface area contributed by atoms with Gasteiger partial charge in [-0.2, -0.15) is 0 Å². The standard InChI is InChI=1S/C15H23NO2S/c1-3-4-5-6-12(2)16-15(18)11-19-14-9-7-13(17)8-10-14/h7-10,12,17H,3-6,11H2,1-2H3,(H,16,18). The van der Waals surface area contributed by atoms with Crippen LogP contribution < -0.4 is 5.32 Å². The van der Waals surface area contributed by atoms with Crippen LogP contribution in [-0.4, -0.2) is 22.8 Å². The minimum atomic E-state index is 0.0714. The zero-order valence-corrected chi connectivity index (χ0v) is 12.5. The Hall–Kier alpha value is -1.16. The first kappa shape index (κ1) is 15.9. The Bertz CT molecular complexity index is 378. The molecule has 0 aliphatic rings. The van der Waals surface area contributed by atoms with Crippen molar-refractivity contribution in [2.24, 2.45) is 0 Å². The second kappa shape index (κ2) is 8.86. The Morgan fingerprint density at radius 1 is 1.32 bits per heavy atom. The predicted molar refractivity (Wildman–Crippen MR) is 80.6 cm³/mol. The van der Waals surface area contributed by atoms with Crippen molar-refractivity contribution >= 4 is 17.7 Å². The zero-order chi connectivity index (χ0) is 14.1. The minimum absolute atomic E-state index is 0.0714. The molecule has 106 valence electrons. The summed E-state index contributed by atoms with van der Waals surface area (Å²) in [6.45, 7) is 4.23. The van der Waals surface area contributed by atoms with Crippen LogP contribution in [-0.2, 0) is 4.79 Å². The Kier molecular flexibility index (Phi) is 7.41. The van der Waals surface area contributed by atoms with E-state index in [1.165, 1.54) is 31.0 Å². The number of hydrogen-bond acceptors (Lipinski definition) is 3. The average Bonchev–Trinajstić information content (AvgIpc) is 2.38. The molecule has 2 N–H and O–H groups in total. The lowest BCUT2D eigenvalue weighted by Crippen LogP contribution is -2.33. The number of amides is 1. The number of benzene rings is 1. The first-order chi connectivity index (χ1) is 9.11. The monoisotopic (exact) mass is 281 g/mol. The lowest BCUT2D eigenvalue weighted by atomic mass is 10.1. The van der Waals surface area contributed by atoms with E-state index >= 15 is 0 Å². The molecule has 0 aliphatic heterocycles. The third-order valence-electron chi connectivity index (χ3n) is 2.85. The Labute approximate surface area is 119 Å². The van der Waals surface area contributed by atoms with E-state index in [1.807, 2.05) is 12.1 Å². The van der Waals surface area contributed by atoms with Gasteiger partial charge in [-0.15, -0.1) is 11.8 Å². The van der Waals surface area contributed by atoms with E-state index in [-0.39, 0.29) is 17.7 Å². The number of hydrogen-bond donors (Lipinski definition) is 2. The molecule has 0 saturated heterocycles. The maximum Gasteiger partial charge on any atom is 0.230 e. The van der Waals surface area contributed by atoms with Gasteiger partial charge in [0.15, 0.2) is 0 Å². The normalized spacial score (nSPS) is 12.1. The molecule has 1 unspecified atom stereocenters. The fraction of sp³-hybridized carbons (Fsp3) is 0.533. The van der Waals surface area contributed by atoms with E-state index in [2.05, 4.69) is 19.2 Å². The summed E-state index contributed by atoms with van der Waals surface area (Å²) >= 11 is 1.48. The van der Waals surface area contributed by atoms with Crippen LogP contribution in [0.1, 0.15) is 39.5 Å². The highest BCUT2D eigenvalue weighted by Crippen LogP contribution is 2.20. The molecule has 0 saturated carbocycles. The lowest BCUT2D eigenvalue weighted by molar-refractivity contribution is -0.119. The van der Waals surface area contributed by atoms with Gasteiger partial charge in [0.1, 0.15) is 5.75 Å². The molecule has 1 rings (SSSR count). The molecule has 0 aromatic heterocycles. The Morgan fingerprint density at radius 3 is 2.63 bits per heavy atom. The minimum Gasteiger partial charge on any atom is -0.508 e. The molecule has 4 heteroatoms. The molecule has 0 fully saturated rings.